The highest BCUT2D eigenvalue weighted by molar-refractivity contribution is 6.12. The van der Waals surface area contributed by atoms with Crippen LogP contribution in [-0.2, 0) is 0 Å². The molecule has 2 aromatic heterocycles. The van der Waals surface area contributed by atoms with E-state index in [4.69, 9.17) is 4.42 Å². The molecule has 13 aromatic rings. The predicted molar refractivity (Wildman–Crippen MR) is 282 cm³/mol. The van der Waals surface area contributed by atoms with Crippen molar-refractivity contribution in [1.82, 2.24) is 4.57 Å². The molecule has 0 saturated heterocycles. The minimum atomic E-state index is 0.896. The molecule has 0 radical (unpaired) electrons. The van der Waals surface area contributed by atoms with E-state index in [9.17, 15) is 0 Å². The number of aromatic nitrogens is 1. The van der Waals surface area contributed by atoms with E-state index >= 15 is 0 Å². The quantitative estimate of drug-likeness (QED) is 0.152. The number of hydrogen-bond acceptors (Lipinski definition) is 2. The largest absolute Gasteiger partial charge is 0.456 e. The molecule has 0 atom stereocenters. The van der Waals surface area contributed by atoms with Crippen LogP contribution in [-0.4, -0.2) is 4.57 Å². The van der Waals surface area contributed by atoms with Crippen LogP contribution in [0.15, 0.2) is 259 Å². The van der Waals surface area contributed by atoms with Gasteiger partial charge in [-0.2, -0.15) is 0 Å². The molecule has 0 aliphatic heterocycles. The van der Waals surface area contributed by atoms with Gasteiger partial charge in [-0.3, -0.25) is 0 Å². The van der Waals surface area contributed by atoms with Gasteiger partial charge in [0.2, 0.25) is 0 Å². The zero-order chi connectivity index (χ0) is 44.3. The van der Waals surface area contributed by atoms with Gasteiger partial charge in [0.05, 0.1) is 16.7 Å². The highest BCUT2D eigenvalue weighted by Gasteiger charge is 2.19. The van der Waals surface area contributed by atoms with Crippen molar-refractivity contribution in [2.45, 2.75) is 0 Å². The topological polar surface area (TPSA) is 21.3 Å². The lowest BCUT2D eigenvalue weighted by Crippen LogP contribution is -2.11. The van der Waals surface area contributed by atoms with Crippen molar-refractivity contribution in [3.63, 3.8) is 0 Å². The Kier molecular flexibility index (Phi) is 9.17. The summed E-state index contributed by atoms with van der Waals surface area (Å²) in [6, 6.07) is 91.9. The minimum absolute atomic E-state index is 0.896. The first-order chi connectivity index (χ1) is 33.2. The molecule has 0 N–H and O–H groups in total. The normalized spacial score (nSPS) is 11.6. The summed E-state index contributed by atoms with van der Waals surface area (Å²) in [6.07, 6.45) is 0. The van der Waals surface area contributed by atoms with E-state index in [0.717, 1.165) is 66.9 Å². The van der Waals surface area contributed by atoms with Crippen molar-refractivity contribution in [2.75, 3.05) is 4.90 Å². The molecule has 11 aromatic carbocycles. The summed E-state index contributed by atoms with van der Waals surface area (Å²) in [5.74, 6) is 0. The molecule has 0 spiro atoms. The fourth-order valence-corrected chi connectivity index (χ4v) is 10.2. The fourth-order valence-electron chi connectivity index (χ4n) is 10.2. The zero-order valence-electron chi connectivity index (χ0n) is 36.6. The van der Waals surface area contributed by atoms with Crippen molar-refractivity contribution in [3.8, 4) is 50.2 Å². The van der Waals surface area contributed by atoms with Gasteiger partial charge in [-0.15, -0.1) is 0 Å². The minimum Gasteiger partial charge on any atom is -0.456 e. The van der Waals surface area contributed by atoms with Gasteiger partial charge in [-0.05, 0) is 123 Å². The Morgan fingerprint density at radius 3 is 1.57 bits per heavy atom. The van der Waals surface area contributed by atoms with E-state index in [1.165, 1.54) is 54.8 Å². The molecule has 0 amide bonds. The maximum Gasteiger partial charge on any atom is 0.136 e. The van der Waals surface area contributed by atoms with Crippen molar-refractivity contribution in [2.24, 2.45) is 0 Å². The smallest absolute Gasteiger partial charge is 0.136 e. The van der Waals surface area contributed by atoms with Crippen LogP contribution in [0.5, 0.6) is 0 Å². The zero-order valence-corrected chi connectivity index (χ0v) is 36.6. The summed E-state index contributed by atoms with van der Waals surface area (Å²) in [5, 5.41) is 7.25. The number of furan rings is 1. The van der Waals surface area contributed by atoms with Crippen LogP contribution in [0.3, 0.4) is 0 Å². The third-order valence-corrected chi connectivity index (χ3v) is 13.4. The van der Waals surface area contributed by atoms with Crippen molar-refractivity contribution in [3.05, 3.63) is 255 Å². The van der Waals surface area contributed by atoms with Gasteiger partial charge in [0.15, 0.2) is 0 Å². The summed E-state index contributed by atoms with van der Waals surface area (Å²) >= 11 is 0. The summed E-state index contributed by atoms with van der Waals surface area (Å²) < 4.78 is 8.65. The summed E-state index contributed by atoms with van der Waals surface area (Å²) in [7, 11) is 0. The van der Waals surface area contributed by atoms with Gasteiger partial charge < -0.3 is 13.9 Å². The van der Waals surface area contributed by atoms with Crippen LogP contribution in [0.25, 0.3) is 105 Å². The first-order valence-electron chi connectivity index (χ1n) is 22.9. The molecule has 3 nitrogen and oxygen atoms in total. The monoisotopic (exact) mass is 854 g/mol. The van der Waals surface area contributed by atoms with Crippen LogP contribution in [0, 0.1) is 0 Å². The Morgan fingerprint density at radius 1 is 0.313 bits per heavy atom. The van der Waals surface area contributed by atoms with E-state index in [0.29, 0.717) is 0 Å². The third-order valence-electron chi connectivity index (χ3n) is 13.4. The molecule has 0 aliphatic rings. The van der Waals surface area contributed by atoms with Gasteiger partial charge in [0.25, 0.3) is 0 Å². The second kappa shape index (κ2) is 16.0. The maximum absolute atomic E-state index is 6.27. The van der Waals surface area contributed by atoms with Gasteiger partial charge >= 0.3 is 0 Å². The molecule has 3 heteroatoms. The van der Waals surface area contributed by atoms with Gasteiger partial charge in [-0.25, -0.2) is 0 Å². The molecule has 67 heavy (non-hydrogen) atoms. The van der Waals surface area contributed by atoms with E-state index in [-0.39, 0.29) is 0 Å². The summed E-state index contributed by atoms with van der Waals surface area (Å²) in [6.45, 7) is 0. The molecule has 314 valence electrons. The Balaban J connectivity index is 0.862. The average Bonchev–Trinajstić information content (AvgIpc) is 3.96. The van der Waals surface area contributed by atoms with Crippen LogP contribution >= 0.6 is 0 Å². The van der Waals surface area contributed by atoms with Gasteiger partial charge in [0, 0.05) is 44.2 Å². The summed E-state index contributed by atoms with van der Waals surface area (Å²) in [4.78, 5) is 2.39. The van der Waals surface area contributed by atoms with E-state index in [1.807, 2.05) is 12.1 Å². The molecule has 0 unspecified atom stereocenters. The summed E-state index contributed by atoms with van der Waals surface area (Å²) in [5.41, 5.74) is 17.9. The Hall–Kier alpha value is -8.92. The lowest BCUT2D eigenvalue weighted by atomic mass is 9.97. The highest BCUT2D eigenvalue weighted by Crippen LogP contribution is 2.44. The van der Waals surface area contributed by atoms with Gasteiger partial charge in [-0.1, -0.05) is 182 Å². The van der Waals surface area contributed by atoms with Gasteiger partial charge in [0.1, 0.15) is 11.2 Å². The second-order valence-corrected chi connectivity index (χ2v) is 17.3. The number of para-hydroxylation sites is 4. The lowest BCUT2D eigenvalue weighted by Gasteiger charge is -2.28. The van der Waals surface area contributed by atoms with E-state index in [1.54, 1.807) is 0 Å². The number of hydrogen-bond donors (Lipinski definition) is 0. The standard InChI is InChI=1S/C64H42N2O/c1-2-14-48-41-50(32-31-43(48)13-1)54-17-3-7-22-59(54)65(52-39-35-47(36-40-52)55-21-12-26-63-64(55)58-20-6-10-25-62(58)67-63)51-37-33-45(34-38-51)44-27-29-46(30-28-44)49-15-11-16-53(42-49)66-60-23-8-4-18-56(60)57-19-5-9-24-61(57)66/h1-42H. The SMILES string of the molecule is c1cc(-c2ccc(-c3ccc(N(c4ccc(-c5cccc6oc7ccccc7c56)cc4)c4ccccc4-c4ccc5ccccc5c4)cc3)cc2)cc(-n2c3ccccc3c3ccccc32)c1. The van der Waals surface area contributed by atoms with E-state index in [2.05, 4.69) is 252 Å². The second-order valence-electron chi connectivity index (χ2n) is 17.3. The molecule has 0 fully saturated rings. The van der Waals surface area contributed by atoms with Crippen LogP contribution in [0.1, 0.15) is 0 Å². The molecule has 0 aliphatic carbocycles. The van der Waals surface area contributed by atoms with Crippen molar-refractivity contribution >= 4 is 71.6 Å². The highest BCUT2D eigenvalue weighted by atomic mass is 16.3. The number of nitrogens with zero attached hydrogens (tertiary/aromatic N) is 2. The number of anilines is 3. The first kappa shape index (κ1) is 38.5. The Labute approximate surface area is 388 Å². The van der Waals surface area contributed by atoms with Crippen molar-refractivity contribution < 1.29 is 4.42 Å². The molecule has 0 saturated carbocycles. The van der Waals surface area contributed by atoms with Crippen LogP contribution in [0.4, 0.5) is 17.1 Å². The lowest BCUT2D eigenvalue weighted by molar-refractivity contribution is 0.669. The van der Waals surface area contributed by atoms with Crippen LogP contribution < -0.4 is 4.90 Å². The molecular weight excluding hydrogens is 813 g/mol. The Bertz CT molecular complexity index is 3920. The Morgan fingerprint density at radius 2 is 0.836 bits per heavy atom. The average molecular weight is 855 g/mol. The van der Waals surface area contributed by atoms with Crippen LogP contribution in [0.2, 0.25) is 0 Å². The molecule has 0 bridgehead atoms. The maximum atomic E-state index is 6.27. The molecule has 13 rings (SSSR count). The van der Waals surface area contributed by atoms with Crippen molar-refractivity contribution in [1.29, 1.82) is 0 Å². The molecular formula is C64H42N2O. The number of fused-ring (bicyclic) bond motifs is 7. The predicted octanol–water partition coefficient (Wildman–Crippen LogP) is 18.0. The third kappa shape index (κ3) is 6.67. The fraction of sp³-hybridized carbons (Fsp3) is 0. The number of benzene rings is 11. The molecule has 2 heterocycles. The first-order valence-corrected chi connectivity index (χ1v) is 22.9. The number of rotatable bonds is 8. The van der Waals surface area contributed by atoms with E-state index < -0.39 is 0 Å².